The third-order valence-corrected chi connectivity index (χ3v) is 4.66. The van der Waals surface area contributed by atoms with Crippen LogP contribution in [0.15, 0.2) is 47.2 Å². The molecule has 0 spiro atoms. The van der Waals surface area contributed by atoms with Gasteiger partial charge in [0.05, 0.1) is 11.6 Å². The van der Waals surface area contributed by atoms with Crippen molar-refractivity contribution in [2.45, 2.75) is 19.4 Å². The SMILES string of the molecule is CCc1ccc(C2CNCCN2C(=O)c2cncc(Br)c2)cc1. The second-order valence-corrected chi connectivity index (χ2v) is 6.62. The molecule has 23 heavy (non-hydrogen) atoms. The highest BCUT2D eigenvalue weighted by molar-refractivity contribution is 9.10. The van der Waals surface area contributed by atoms with Crippen LogP contribution in [0.25, 0.3) is 0 Å². The second-order valence-electron chi connectivity index (χ2n) is 5.71. The number of benzene rings is 1. The summed E-state index contributed by atoms with van der Waals surface area (Å²) in [6.45, 7) is 4.44. The van der Waals surface area contributed by atoms with Crippen LogP contribution in [0, 0.1) is 0 Å². The molecule has 1 aromatic carbocycles. The molecule has 1 saturated heterocycles. The number of carbonyl (C=O) groups is 1. The topological polar surface area (TPSA) is 45.2 Å². The van der Waals surface area contributed by atoms with E-state index in [1.807, 2.05) is 11.0 Å². The molecule has 1 amide bonds. The molecule has 1 N–H and O–H groups in total. The zero-order chi connectivity index (χ0) is 16.2. The minimum atomic E-state index is 0.0323. The summed E-state index contributed by atoms with van der Waals surface area (Å²) in [6.07, 6.45) is 4.34. The summed E-state index contributed by atoms with van der Waals surface area (Å²) in [5.74, 6) is 0.0323. The van der Waals surface area contributed by atoms with Gasteiger partial charge in [0.15, 0.2) is 0 Å². The first-order valence-electron chi connectivity index (χ1n) is 7.90. The minimum Gasteiger partial charge on any atom is -0.329 e. The molecule has 1 unspecified atom stereocenters. The fourth-order valence-electron chi connectivity index (χ4n) is 2.92. The summed E-state index contributed by atoms with van der Waals surface area (Å²) in [4.78, 5) is 19.0. The quantitative estimate of drug-likeness (QED) is 0.898. The highest BCUT2D eigenvalue weighted by Crippen LogP contribution is 2.25. The van der Waals surface area contributed by atoms with Crippen molar-refractivity contribution in [3.8, 4) is 0 Å². The van der Waals surface area contributed by atoms with Crippen LogP contribution in [-0.2, 0) is 6.42 Å². The molecule has 1 aliphatic heterocycles. The highest BCUT2D eigenvalue weighted by atomic mass is 79.9. The van der Waals surface area contributed by atoms with E-state index in [1.165, 1.54) is 11.1 Å². The fraction of sp³-hybridized carbons (Fsp3) is 0.333. The van der Waals surface area contributed by atoms with Gasteiger partial charge in [0.2, 0.25) is 0 Å². The van der Waals surface area contributed by atoms with Crippen molar-refractivity contribution in [2.24, 2.45) is 0 Å². The van der Waals surface area contributed by atoms with E-state index in [-0.39, 0.29) is 11.9 Å². The molecular weight excluding hydrogens is 354 g/mol. The smallest absolute Gasteiger partial charge is 0.256 e. The van der Waals surface area contributed by atoms with Gasteiger partial charge in [-0.3, -0.25) is 9.78 Å². The zero-order valence-electron chi connectivity index (χ0n) is 13.1. The number of nitrogens with zero attached hydrogens (tertiary/aromatic N) is 2. The Morgan fingerprint density at radius 3 is 2.83 bits per heavy atom. The molecule has 1 atom stereocenters. The molecule has 120 valence electrons. The normalized spacial score (nSPS) is 18.0. The molecule has 0 radical (unpaired) electrons. The van der Waals surface area contributed by atoms with Crippen LogP contribution < -0.4 is 5.32 Å². The van der Waals surface area contributed by atoms with E-state index in [9.17, 15) is 4.79 Å². The van der Waals surface area contributed by atoms with E-state index in [1.54, 1.807) is 12.4 Å². The number of pyridine rings is 1. The maximum atomic E-state index is 12.9. The monoisotopic (exact) mass is 373 g/mol. The summed E-state index contributed by atoms with van der Waals surface area (Å²) < 4.78 is 0.822. The predicted molar refractivity (Wildman–Crippen MR) is 94.4 cm³/mol. The van der Waals surface area contributed by atoms with Crippen LogP contribution >= 0.6 is 15.9 Å². The van der Waals surface area contributed by atoms with Crippen LogP contribution in [0.4, 0.5) is 0 Å². The molecule has 0 saturated carbocycles. The molecule has 0 aliphatic carbocycles. The van der Waals surface area contributed by atoms with Crippen LogP contribution in [0.5, 0.6) is 0 Å². The number of hydrogen-bond acceptors (Lipinski definition) is 3. The zero-order valence-corrected chi connectivity index (χ0v) is 14.7. The third kappa shape index (κ3) is 3.62. The fourth-order valence-corrected chi connectivity index (χ4v) is 3.28. The van der Waals surface area contributed by atoms with Crippen molar-refractivity contribution >= 4 is 21.8 Å². The number of halogens is 1. The van der Waals surface area contributed by atoms with Crippen molar-refractivity contribution < 1.29 is 4.79 Å². The van der Waals surface area contributed by atoms with E-state index < -0.39 is 0 Å². The van der Waals surface area contributed by atoms with Crippen LogP contribution in [0.3, 0.4) is 0 Å². The van der Waals surface area contributed by atoms with Crippen LogP contribution in [0.2, 0.25) is 0 Å². The van der Waals surface area contributed by atoms with E-state index in [2.05, 4.69) is 57.4 Å². The van der Waals surface area contributed by atoms with Gasteiger partial charge in [-0.15, -0.1) is 0 Å². The Balaban J connectivity index is 1.87. The Morgan fingerprint density at radius 2 is 2.13 bits per heavy atom. The third-order valence-electron chi connectivity index (χ3n) is 4.23. The van der Waals surface area contributed by atoms with Gasteiger partial charge in [-0.05, 0) is 39.5 Å². The summed E-state index contributed by atoms with van der Waals surface area (Å²) in [5, 5.41) is 3.39. The lowest BCUT2D eigenvalue weighted by atomic mass is 10.00. The first kappa shape index (κ1) is 16.1. The first-order chi connectivity index (χ1) is 11.2. The van der Waals surface area contributed by atoms with Gasteiger partial charge < -0.3 is 10.2 Å². The van der Waals surface area contributed by atoms with Gasteiger partial charge in [-0.25, -0.2) is 0 Å². The van der Waals surface area contributed by atoms with Crippen LogP contribution in [-0.4, -0.2) is 35.4 Å². The van der Waals surface area contributed by atoms with Gasteiger partial charge >= 0.3 is 0 Å². The molecule has 1 aromatic heterocycles. The van der Waals surface area contributed by atoms with Gasteiger partial charge in [0, 0.05) is 36.5 Å². The average molecular weight is 374 g/mol. The largest absolute Gasteiger partial charge is 0.329 e. The predicted octanol–water partition coefficient (Wildman–Crippen LogP) is 3.19. The van der Waals surface area contributed by atoms with E-state index in [0.29, 0.717) is 12.1 Å². The minimum absolute atomic E-state index is 0.0323. The molecule has 0 bridgehead atoms. The molecule has 3 rings (SSSR count). The number of hydrogen-bond donors (Lipinski definition) is 1. The van der Waals surface area contributed by atoms with Crippen molar-refractivity contribution in [1.82, 2.24) is 15.2 Å². The molecule has 1 aliphatic rings. The number of piperazine rings is 1. The number of nitrogens with one attached hydrogen (secondary N) is 1. The highest BCUT2D eigenvalue weighted by Gasteiger charge is 2.28. The Labute approximate surface area is 145 Å². The number of amides is 1. The summed E-state index contributed by atoms with van der Waals surface area (Å²) in [7, 11) is 0. The Hall–Kier alpha value is -1.72. The standard InChI is InChI=1S/C18H20BrN3O/c1-2-13-3-5-14(6-4-13)17-12-20-7-8-22(17)18(23)15-9-16(19)11-21-10-15/h3-6,9-11,17,20H,2,7-8,12H2,1H3. The molecule has 2 aromatic rings. The van der Waals surface area contributed by atoms with Crippen LogP contribution in [0.1, 0.15) is 34.5 Å². The molecule has 4 nitrogen and oxygen atoms in total. The summed E-state index contributed by atoms with van der Waals surface area (Å²) in [5.41, 5.74) is 3.11. The van der Waals surface area contributed by atoms with E-state index in [0.717, 1.165) is 24.0 Å². The van der Waals surface area contributed by atoms with Gasteiger partial charge in [0.25, 0.3) is 5.91 Å². The molecule has 5 heteroatoms. The average Bonchev–Trinajstić information content (AvgIpc) is 2.61. The lowest BCUT2D eigenvalue weighted by Gasteiger charge is -2.36. The second kappa shape index (κ2) is 7.23. The number of carbonyl (C=O) groups excluding carboxylic acids is 1. The maximum Gasteiger partial charge on any atom is 0.256 e. The Kier molecular flexibility index (Phi) is 5.08. The van der Waals surface area contributed by atoms with Crippen molar-refractivity contribution in [3.05, 3.63) is 63.9 Å². The lowest BCUT2D eigenvalue weighted by Crippen LogP contribution is -2.48. The van der Waals surface area contributed by atoms with E-state index >= 15 is 0 Å². The van der Waals surface area contributed by atoms with Crippen molar-refractivity contribution in [1.29, 1.82) is 0 Å². The van der Waals surface area contributed by atoms with Gasteiger partial charge in [-0.2, -0.15) is 0 Å². The number of aryl methyl sites for hydroxylation is 1. The Bertz CT molecular complexity index is 687. The van der Waals surface area contributed by atoms with Crippen molar-refractivity contribution in [2.75, 3.05) is 19.6 Å². The van der Waals surface area contributed by atoms with E-state index in [4.69, 9.17) is 0 Å². The molecular formula is C18H20BrN3O. The molecule has 1 fully saturated rings. The Morgan fingerprint density at radius 1 is 1.35 bits per heavy atom. The lowest BCUT2D eigenvalue weighted by molar-refractivity contribution is 0.0634. The number of aromatic nitrogens is 1. The van der Waals surface area contributed by atoms with Crippen molar-refractivity contribution in [3.63, 3.8) is 0 Å². The summed E-state index contributed by atoms with van der Waals surface area (Å²) in [6, 6.07) is 10.4. The van der Waals surface area contributed by atoms with Gasteiger partial charge in [-0.1, -0.05) is 31.2 Å². The van der Waals surface area contributed by atoms with Gasteiger partial charge in [0.1, 0.15) is 0 Å². The number of rotatable bonds is 3. The molecule has 2 heterocycles. The first-order valence-corrected chi connectivity index (χ1v) is 8.69. The maximum absolute atomic E-state index is 12.9. The summed E-state index contributed by atoms with van der Waals surface area (Å²) >= 11 is 3.38.